The van der Waals surface area contributed by atoms with Gasteiger partial charge in [-0.15, -0.1) is 0 Å². The molecule has 1 heterocycles. The largest absolute Gasteiger partial charge is 0.344 e. The van der Waals surface area contributed by atoms with E-state index in [4.69, 9.17) is 11.6 Å². The van der Waals surface area contributed by atoms with Gasteiger partial charge in [0.25, 0.3) is 0 Å². The maximum Gasteiger partial charge on any atom is 0.161 e. The average Bonchev–Trinajstić information content (AvgIpc) is 2.57. The molecule has 0 bridgehead atoms. The first kappa shape index (κ1) is 12.9. The van der Waals surface area contributed by atoms with E-state index in [2.05, 4.69) is 4.57 Å². The molecule has 0 N–H and O–H groups in total. The SMILES string of the molecule is CC(=O)c1cc(C)n(Cc2cccc(Cl)c2)c1C. The van der Waals surface area contributed by atoms with Crippen molar-refractivity contribution in [1.82, 2.24) is 4.57 Å². The highest BCUT2D eigenvalue weighted by Gasteiger charge is 2.12. The van der Waals surface area contributed by atoms with Crippen LogP contribution < -0.4 is 0 Å². The number of hydrogen-bond acceptors (Lipinski definition) is 1. The molecule has 2 aromatic rings. The van der Waals surface area contributed by atoms with Crippen molar-refractivity contribution in [2.24, 2.45) is 0 Å². The van der Waals surface area contributed by atoms with Gasteiger partial charge in [0.15, 0.2) is 5.78 Å². The van der Waals surface area contributed by atoms with Crippen LogP contribution in [0.4, 0.5) is 0 Å². The van der Waals surface area contributed by atoms with Crippen molar-refractivity contribution in [3.63, 3.8) is 0 Å². The van der Waals surface area contributed by atoms with E-state index in [-0.39, 0.29) is 5.78 Å². The molecular formula is C15H16ClNO. The zero-order chi connectivity index (χ0) is 13.3. The molecule has 1 aromatic heterocycles. The van der Waals surface area contributed by atoms with Crippen LogP contribution in [0.25, 0.3) is 0 Å². The summed E-state index contributed by atoms with van der Waals surface area (Å²) in [5.74, 6) is 0.112. The summed E-state index contributed by atoms with van der Waals surface area (Å²) in [5.41, 5.74) is 4.05. The number of aryl methyl sites for hydroxylation is 1. The van der Waals surface area contributed by atoms with Crippen molar-refractivity contribution in [2.45, 2.75) is 27.3 Å². The van der Waals surface area contributed by atoms with Crippen LogP contribution in [0, 0.1) is 13.8 Å². The molecule has 0 radical (unpaired) electrons. The first-order valence-corrected chi connectivity index (χ1v) is 6.29. The van der Waals surface area contributed by atoms with Gasteiger partial charge in [-0.05, 0) is 44.5 Å². The van der Waals surface area contributed by atoms with Gasteiger partial charge in [0.1, 0.15) is 0 Å². The highest BCUT2D eigenvalue weighted by molar-refractivity contribution is 6.30. The monoisotopic (exact) mass is 261 g/mol. The van der Waals surface area contributed by atoms with Crippen molar-refractivity contribution in [2.75, 3.05) is 0 Å². The first-order chi connectivity index (χ1) is 8.49. The summed E-state index contributed by atoms with van der Waals surface area (Å²) in [5, 5.41) is 0.738. The molecule has 0 amide bonds. The zero-order valence-corrected chi connectivity index (χ0v) is 11.6. The zero-order valence-electron chi connectivity index (χ0n) is 10.8. The van der Waals surface area contributed by atoms with Crippen molar-refractivity contribution < 1.29 is 4.79 Å². The Morgan fingerprint density at radius 3 is 2.56 bits per heavy atom. The summed E-state index contributed by atoms with van der Waals surface area (Å²) in [6.45, 7) is 6.34. The molecule has 0 spiro atoms. The minimum absolute atomic E-state index is 0.112. The third-order valence-corrected chi connectivity index (χ3v) is 3.42. The van der Waals surface area contributed by atoms with Crippen molar-refractivity contribution in [3.05, 3.63) is 57.9 Å². The van der Waals surface area contributed by atoms with Gasteiger partial charge in [0, 0.05) is 28.5 Å². The van der Waals surface area contributed by atoms with Gasteiger partial charge in [-0.2, -0.15) is 0 Å². The second kappa shape index (κ2) is 4.99. The summed E-state index contributed by atoms with van der Waals surface area (Å²) in [6.07, 6.45) is 0. The fourth-order valence-corrected chi connectivity index (χ4v) is 2.43. The Morgan fingerprint density at radius 2 is 2.00 bits per heavy atom. The maximum absolute atomic E-state index is 11.5. The fourth-order valence-electron chi connectivity index (χ4n) is 2.22. The Labute approximate surface area is 112 Å². The smallest absolute Gasteiger partial charge is 0.161 e. The fraction of sp³-hybridized carbons (Fsp3) is 0.267. The summed E-state index contributed by atoms with van der Waals surface area (Å²) in [7, 11) is 0. The molecule has 0 aliphatic carbocycles. The molecule has 0 aliphatic heterocycles. The molecule has 0 unspecified atom stereocenters. The Balaban J connectivity index is 2.38. The minimum atomic E-state index is 0.112. The van der Waals surface area contributed by atoms with Gasteiger partial charge in [0.2, 0.25) is 0 Å². The van der Waals surface area contributed by atoms with Crippen LogP contribution in [0.15, 0.2) is 30.3 Å². The molecule has 0 fully saturated rings. The van der Waals surface area contributed by atoms with E-state index in [1.165, 1.54) is 0 Å². The van der Waals surface area contributed by atoms with Gasteiger partial charge >= 0.3 is 0 Å². The van der Waals surface area contributed by atoms with E-state index in [0.29, 0.717) is 0 Å². The third kappa shape index (κ3) is 2.49. The van der Waals surface area contributed by atoms with E-state index in [0.717, 1.165) is 34.1 Å². The molecule has 1 aromatic carbocycles. The van der Waals surface area contributed by atoms with Gasteiger partial charge in [0.05, 0.1) is 0 Å². The van der Waals surface area contributed by atoms with Gasteiger partial charge in [-0.25, -0.2) is 0 Å². The Morgan fingerprint density at radius 1 is 1.28 bits per heavy atom. The lowest BCUT2D eigenvalue weighted by molar-refractivity contribution is 0.101. The standard InChI is InChI=1S/C15H16ClNO/c1-10-7-15(12(3)18)11(2)17(10)9-13-5-4-6-14(16)8-13/h4-8H,9H2,1-3H3. The molecular weight excluding hydrogens is 246 g/mol. The second-order valence-corrected chi connectivity index (χ2v) is 4.99. The number of hydrogen-bond donors (Lipinski definition) is 0. The van der Waals surface area contributed by atoms with Gasteiger partial charge < -0.3 is 4.57 Å². The van der Waals surface area contributed by atoms with Crippen LogP contribution in [0.5, 0.6) is 0 Å². The van der Waals surface area contributed by atoms with E-state index >= 15 is 0 Å². The first-order valence-electron chi connectivity index (χ1n) is 5.91. The average molecular weight is 262 g/mol. The van der Waals surface area contributed by atoms with E-state index in [1.807, 2.05) is 44.2 Å². The number of nitrogens with zero attached hydrogens (tertiary/aromatic N) is 1. The number of Topliss-reactive ketones (excluding diaryl/α,β-unsaturated/α-hetero) is 1. The highest BCUT2D eigenvalue weighted by atomic mass is 35.5. The number of carbonyl (C=O) groups excluding carboxylic acids is 1. The van der Waals surface area contributed by atoms with E-state index in [1.54, 1.807) is 6.92 Å². The summed E-state index contributed by atoms with van der Waals surface area (Å²) in [6, 6.07) is 9.74. The molecule has 0 atom stereocenters. The van der Waals surface area contributed by atoms with Crippen LogP contribution >= 0.6 is 11.6 Å². The third-order valence-electron chi connectivity index (χ3n) is 3.18. The number of rotatable bonds is 3. The van der Waals surface area contributed by atoms with Crippen LogP contribution in [0.2, 0.25) is 5.02 Å². The maximum atomic E-state index is 11.5. The number of benzene rings is 1. The summed E-state index contributed by atoms with van der Waals surface area (Å²) < 4.78 is 2.14. The van der Waals surface area contributed by atoms with Gasteiger partial charge in [-0.1, -0.05) is 23.7 Å². The Hall–Kier alpha value is -1.54. The molecule has 2 rings (SSSR count). The van der Waals surface area contributed by atoms with E-state index in [9.17, 15) is 4.79 Å². The molecule has 18 heavy (non-hydrogen) atoms. The summed E-state index contributed by atoms with van der Waals surface area (Å²) in [4.78, 5) is 11.5. The lowest BCUT2D eigenvalue weighted by Crippen LogP contribution is -2.05. The normalized spacial score (nSPS) is 10.7. The predicted octanol–water partition coefficient (Wildman–Crippen LogP) is 4.01. The molecule has 94 valence electrons. The molecule has 0 saturated heterocycles. The predicted molar refractivity (Wildman–Crippen MR) is 74.5 cm³/mol. The topological polar surface area (TPSA) is 22.0 Å². The lowest BCUT2D eigenvalue weighted by atomic mass is 10.2. The number of ketones is 1. The minimum Gasteiger partial charge on any atom is -0.344 e. The molecule has 3 heteroatoms. The number of aromatic nitrogens is 1. The molecule has 0 saturated carbocycles. The molecule has 2 nitrogen and oxygen atoms in total. The van der Waals surface area contributed by atoms with Crippen LogP contribution in [0.1, 0.15) is 34.2 Å². The highest BCUT2D eigenvalue weighted by Crippen LogP contribution is 2.19. The summed E-state index contributed by atoms with van der Waals surface area (Å²) >= 11 is 5.98. The lowest BCUT2D eigenvalue weighted by Gasteiger charge is -2.10. The second-order valence-electron chi connectivity index (χ2n) is 4.56. The van der Waals surface area contributed by atoms with Crippen molar-refractivity contribution in [1.29, 1.82) is 0 Å². The quantitative estimate of drug-likeness (QED) is 0.765. The van der Waals surface area contributed by atoms with Crippen LogP contribution in [-0.4, -0.2) is 10.4 Å². The molecule has 0 aliphatic rings. The van der Waals surface area contributed by atoms with Crippen LogP contribution in [-0.2, 0) is 6.54 Å². The van der Waals surface area contributed by atoms with Gasteiger partial charge in [-0.3, -0.25) is 4.79 Å². The van der Waals surface area contributed by atoms with E-state index < -0.39 is 0 Å². The van der Waals surface area contributed by atoms with Crippen molar-refractivity contribution in [3.8, 4) is 0 Å². The number of halogens is 1. The Bertz CT molecular complexity index is 599. The Kier molecular flexibility index (Phi) is 3.58. The van der Waals surface area contributed by atoms with Crippen LogP contribution in [0.3, 0.4) is 0 Å². The van der Waals surface area contributed by atoms with Crippen molar-refractivity contribution >= 4 is 17.4 Å². The number of carbonyl (C=O) groups is 1.